The van der Waals surface area contributed by atoms with Gasteiger partial charge in [-0.2, -0.15) is 0 Å². The minimum atomic E-state index is -0.583. The predicted octanol–water partition coefficient (Wildman–Crippen LogP) is 0.540. The summed E-state index contributed by atoms with van der Waals surface area (Å²) in [5, 5.41) is 12.5. The van der Waals surface area contributed by atoms with E-state index in [9.17, 15) is 14.7 Å². The van der Waals surface area contributed by atoms with Crippen LogP contribution in [0.15, 0.2) is 24.3 Å². The standard InChI is InChI=1S/C19H27N3O4/c1-20-18(24)17(14-6-3-4-8-16(14)26-2)22-10-5-7-15(22)19(25)21-11-9-13(23)12-21/h3-4,6,8,13,15,17,23H,5,7,9-12H2,1-2H3,(H,20,24)/t13-,15+,17-/m1/s1. The number of aliphatic hydroxyl groups excluding tert-OH is 1. The number of hydrogen-bond acceptors (Lipinski definition) is 5. The Bertz CT molecular complexity index is 666. The van der Waals surface area contributed by atoms with Crippen molar-refractivity contribution < 1.29 is 19.4 Å². The van der Waals surface area contributed by atoms with E-state index < -0.39 is 12.1 Å². The molecule has 2 amide bonds. The third-order valence-electron chi connectivity index (χ3n) is 5.31. The first-order valence-electron chi connectivity index (χ1n) is 9.14. The third-order valence-corrected chi connectivity index (χ3v) is 5.31. The molecule has 0 radical (unpaired) electrons. The number of ether oxygens (including phenoxy) is 1. The molecule has 2 aliphatic heterocycles. The number of likely N-dealkylation sites (N-methyl/N-ethyl adjacent to an activating group) is 1. The summed E-state index contributed by atoms with van der Waals surface area (Å²) in [6.07, 6.45) is 1.74. The summed E-state index contributed by atoms with van der Waals surface area (Å²) in [5.74, 6) is 0.481. The molecule has 2 heterocycles. The van der Waals surface area contributed by atoms with Crippen LogP contribution in [-0.4, -0.2) is 72.7 Å². The molecule has 0 saturated carbocycles. The number of hydrogen-bond donors (Lipinski definition) is 2. The van der Waals surface area contributed by atoms with Crippen LogP contribution in [0.5, 0.6) is 5.75 Å². The molecule has 2 fully saturated rings. The van der Waals surface area contributed by atoms with Gasteiger partial charge in [-0.15, -0.1) is 0 Å². The number of amides is 2. The lowest BCUT2D eigenvalue weighted by Crippen LogP contribution is -2.49. The Morgan fingerprint density at radius 3 is 2.69 bits per heavy atom. The van der Waals surface area contributed by atoms with E-state index in [2.05, 4.69) is 5.32 Å². The summed E-state index contributed by atoms with van der Waals surface area (Å²) in [6.45, 7) is 1.62. The highest BCUT2D eigenvalue weighted by Gasteiger charge is 2.42. The molecule has 0 aliphatic carbocycles. The smallest absolute Gasteiger partial charge is 0.241 e. The van der Waals surface area contributed by atoms with Crippen LogP contribution in [0.1, 0.15) is 30.9 Å². The van der Waals surface area contributed by atoms with Gasteiger partial charge in [-0.25, -0.2) is 0 Å². The molecular weight excluding hydrogens is 334 g/mol. The molecule has 0 aromatic heterocycles. The summed E-state index contributed by atoms with van der Waals surface area (Å²) >= 11 is 0. The lowest BCUT2D eigenvalue weighted by Gasteiger charge is -2.33. The van der Waals surface area contributed by atoms with Crippen molar-refractivity contribution in [2.24, 2.45) is 0 Å². The monoisotopic (exact) mass is 361 g/mol. The number of nitrogens with zero attached hydrogens (tertiary/aromatic N) is 2. The van der Waals surface area contributed by atoms with E-state index in [0.717, 1.165) is 12.0 Å². The minimum absolute atomic E-state index is 0.00264. The molecule has 0 bridgehead atoms. The largest absolute Gasteiger partial charge is 0.496 e. The number of nitrogens with one attached hydrogen (secondary N) is 1. The van der Waals surface area contributed by atoms with Crippen LogP contribution < -0.4 is 10.1 Å². The van der Waals surface area contributed by atoms with Crippen molar-refractivity contribution in [3.8, 4) is 5.75 Å². The van der Waals surface area contributed by atoms with E-state index in [1.54, 1.807) is 19.1 Å². The fraction of sp³-hybridized carbons (Fsp3) is 0.579. The van der Waals surface area contributed by atoms with Crippen LogP contribution in [0.4, 0.5) is 0 Å². The minimum Gasteiger partial charge on any atom is -0.496 e. The molecule has 0 spiro atoms. The number of para-hydroxylation sites is 1. The summed E-state index contributed by atoms with van der Waals surface area (Å²) in [4.78, 5) is 29.4. The van der Waals surface area contributed by atoms with Crippen molar-refractivity contribution in [2.75, 3.05) is 33.8 Å². The quantitative estimate of drug-likeness (QED) is 0.800. The molecule has 7 heteroatoms. The second-order valence-corrected chi connectivity index (χ2v) is 6.88. The highest BCUT2D eigenvalue weighted by atomic mass is 16.5. The fourth-order valence-corrected chi connectivity index (χ4v) is 4.02. The van der Waals surface area contributed by atoms with E-state index in [-0.39, 0.29) is 17.9 Å². The summed E-state index contributed by atoms with van der Waals surface area (Å²) in [5.41, 5.74) is 0.760. The van der Waals surface area contributed by atoms with Gasteiger partial charge in [0.25, 0.3) is 0 Å². The predicted molar refractivity (Wildman–Crippen MR) is 96.7 cm³/mol. The Hall–Kier alpha value is -2.12. The van der Waals surface area contributed by atoms with Crippen molar-refractivity contribution in [2.45, 2.75) is 37.5 Å². The zero-order valence-electron chi connectivity index (χ0n) is 15.4. The first-order valence-corrected chi connectivity index (χ1v) is 9.14. The maximum atomic E-state index is 13.0. The van der Waals surface area contributed by atoms with Crippen molar-refractivity contribution in [3.05, 3.63) is 29.8 Å². The molecule has 26 heavy (non-hydrogen) atoms. The Kier molecular flexibility index (Phi) is 5.78. The van der Waals surface area contributed by atoms with E-state index in [1.807, 2.05) is 29.2 Å². The number of carbonyl (C=O) groups excluding carboxylic acids is 2. The van der Waals surface area contributed by atoms with Gasteiger partial charge < -0.3 is 20.1 Å². The van der Waals surface area contributed by atoms with Crippen LogP contribution in [-0.2, 0) is 9.59 Å². The van der Waals surface area contributed by atoms with Gasteiger partial charge >= 0.3 is 0 Å². The van der Waals surface area contributed by atoms with Crippen molar-refractivity contribution >= 4 is 11.8 Å². The Morgan fingerprint density at radius 2 is 2.04 bits per heavy atom. The normalized spacial score (nSPS) is 24.5. The van der Waals surface area contributed by atoms with Gasteiger partial charge in [0.1, 0.15) is 11.8 Å². The van der Waals surface area contributed by atoms with Gasteiger partial charge in [-0.3, -0.25) is 14.5 Å². The average Bonchev–Trinajstić information content (AvgIpc) is 3.31. The zero-order valence-corrected chi connectivity index (χ0v) is 15.4. The first kappa shape index (κ1) is 18.7. The molecule has 2 N–H and O–H groups in total. The van der Waals surface area contributed by atoms with Crippen LogP contribution in [0, 0.1) is 0 Å². The highest BCUT2D eigenvalue weighted by Crippen LogP contribution is 2.35. The van der Waals surface area contributed by atoms with E-state index >= 15 is 0 Å². The molecular formula is C19H27N3O4. The van der Waals surface area contributed by atoms with E-state index in [1.165, 1.54) is 0 Å². The van der Waals surface area contributed by atoms with Gasteiger partial charge in [0.05, 0.1) is 19.3 Å². The number of benzene rings is 1. The molecule has 3 atom stereocenters. The third kappa shape index (κ3) is 3.54. The first-order chi connectivity index (χ1) is 12.6. The Morgan fingerprint density at radius 1 is 1.27 bits per heavy atom. The van der Waals surface area contributed by atoms with Crippen LogP contribution in [0.3, 0.4) is 0 Å². The molecule has 2 aliphatic rings. The van der Waals surface area contributed by atoms with Crippen molar-refractivity contribution in [1.29, 1.82) is 0 Å². The van der Waals surface area contributed by atoms with Crippen LogP contribution in [0.25, 0.3) is 0 Å². The number of aliphatic hydroxyl groups is 1. The molecule has 0 unspecified atom stereocenters. The van der Waals surface area contributed by atoms with Crippen molar-refractivity contribution in [1.82, 2.24) is 15.1 Å². The van der Waals surface area contributed by atoms with Crippen LogP contribution in [0.2, 0.25) is 0 Å². The number of methoxy groups -OCH3 is 1. The lowest BCUT2D eigenvalue weighted by atomic mass is 10.0. The molecule has 3 rings (SSSR count). The molecule has 1 aromatic carbocycles. The van der Waals surface area contributed by atoms with Gasteiger partial charge in [0.15, 0.2) is 0 Å². The maximum Gasteiger partial charge on any atom is 0.241 e. The summed E-state index contributed by atoms with van der Waals surface area (Å²) in [6, 6.07) is 6.50. The number of rotatable bonds is 5. The number of likely N-dealkylation sites (tertiary alicyclic amines) is 2. The second-order valence-electron chi connectivity index (χ2n) is 6.88. The lowest BCUT2D eigenvalue weighted by molar-refractivity contribution is -0.138. The Labute approximate surface area is 153 Å². The van der Waals surface area contributed by atoms with Gasteiger partial charge in [-0.05, 0) is 25.3 Å². The SMILES string of the molecule is CNC(=O)[C@@H](c1ccccc1OC)N1CCC[C@H]1C(=O)N1CC[C@@H](O)C1. The average molecular weight is 361 g/mol. The molecule has 7 nitrogen and oxygen atoms in total. The maximum absolute atomic E-state index is 13.0. The molecule has 142 valence electrons. The summed E-state index contributed by atoms with van der Waals surface area (Å²) < 4.78 is 5.46. The zero-order chi connectivity index (χ0) is 18.7. The Balaban J connectivity index is 1.90. The van der Waals surface area contributed by atoms with Crippen LogP contribution >= 0.6 is 0 Å². The van der Waals surface area contributed by atoms with Gasteiger partial charge in [-0.1, -0.05) is 18.2 Å². The van der Waals surface area contributed by atoms with Crippen molar-refractivity contribution in [3.63, 3.8) is 0 Å². The van der Waals surface area contributed by atoms with E-state index in [4.69, 9.17) is 4.74 Å². The molecule has 2 saturated heterocycles. The number of carbonyl (C=O) groups is 2. The highest BCUT2D eigenvalue weighted by molar-refractivity contribution is 5.87. The van der Waals surface area contributed by atoms with Gasteiger partial charge in [0.2, 0.25) is 11.8 Å². The van der Waals surface area contributed by atoms with Gasteiger partial charge in [0, 0.05) is 32.2 Å². The summed E-state index contributed by atoms with van der Waals surface area (Å²) in [7, 11) is 3.19. The fourth-order valence-electron chi connectivity index (χ4n) is 4.02. The second kappa shape index (κ2) is 8.05. The molecule has 1 aromatic rings. The number of β-amino-alcohol motifs (C(OH)–C–C–N with tert-alkyl or cyclic N) is 1. The van der Waals surface area contributed by atoms with E-state index in [0.29, 0.717) is 38.2 Å². The topological polar surface area (TPSA) is 82.1 Å².